The van der Waals surface area contributed by atoms with Crippen LogP contribution in [0, 0.1) is 0 Å². The first-order valence-corrected chi connectivity index (χ1v) is 9.29. The molecule has 138 valence electrons. The van der Waals surface area contributed by atoms with Crippen molar-refractivity contribution >= 4 is 23.4 Å². The fraction of sp³-hybridized carbons (Fsp3) is 0.211. The van der Waals surface area contributed by atoms with Crippen LogP contribution in [0.2, 0.25) is 0 Å². The average molecular weight is 383 g/mol. The molecule has 3 aromatic rings. The molecule has 0 saturated carbocycles. The number of carbonyl (C=O) groups excluding carboxylic acids is 1. The molecule has 2 heterocycles. The van der Waals surface area contributed by atoms with Gasteiger partial charge in [-0.1, -0.05) is 42.1 Å². The summed E-state index contributed by atoms with van der Waals surface area (Å²) >= 11 is 1.22. The number of hydrogen-bond acceptors (Lipinski definition) is 7. The molecule has 1 aliphatic rings. The summed E-state index contributed by atoms with van der Waals surface area (Å²) in [4.78, 5) is 12.4. The van der Waals surface area contributed by atoms with E-state index in [-0.39, 0.29) is 12.7 Å². The summed E-state index contributed by atoms with van der Waals surface area (Å²) in [6.45, 7) is 1.98. The van der Waals surface area contributed by atoms with Gasteiger partial charge in [0.2, 0.25) is 18.6 Å². The number of benzene rings is 2. The van der Waals surface area contributed by atoms with Gasteiger partial charge in [0.15, 0.2) is 11.5 Å². The predicted octanol–water partition coefficient (Wildman–Crippen LogP) is 3.51. The van der Waals surface area contributed by atoms with Crippen molar-refractivity contribution in [2.75, 3.05) is 12.1 Å². The van der Waals surface area contributed by atoms with Crippen LogP contribution in [0.1, 0.15) is 18.4 Å². The topological polar surface area (TPSA) is 86.5 Å². The third-order valence-corrected chi connectivity index (χ3v) is 4.87. The van der Waals surface area contributed by atoms with E-state index in [1.807, 2.05) is 30.3 Å². The lowest BCUT2D eigenvalue weighted by atomic mass is 10.2. The first-order chi connectivity index (χ1) is 13.2. The minimum atomic E-state index is -0.402. The summed E-state index contributed by atoms with van der Waals surface area (Å²) in [6, 6.07) is 15.2. The standard InChI is InChI=1S/C19H17N3O4S/c1-12(18(23)20-14-7-8-15-16(10-14)25-11-24-15)27-19-22-21-17(26-19)9-13-5-3-2-4-6-13/h2-8,10,12H,9,11H2,1H3,(H,20,23)/t12-/m1/s1. The van der Waals surface area contributed by atoms with Gasteiger partial charge in [0.1, 0.15) is 0 Å². The Labute approximate surface area is 160 Å². The lowest BCUT2D eigenvalue weighted by molar-refractivity contribution is -0.115. The fourth-order valence-corrected chi connectivity index (χ4v) is 3.25. The Balaban J connectivity index is 1.34. The number of carbonyl (C=O) groups is 1. The van der Waals surface area contributed by atoms with Gasteiger partial charge < -0.3 is 19.2 Å². The summed E-state index contributed by atoms with van der Waals surface area (Å²) < 4.78 is 16.2. The average Bonchev–Trinajstić information content (AvgIpc) is 3.31. The minimum absolute atomic E-state index is 0.165. The third kappa shape index (κ3) is 4.22. The maximum atomic E-state index is 12.4. The number of nitrogens with zero attached hydrogens (tertiary/aromatic N) is 2. The highest BCUT2D eigenvalue weighted by Gasteiger charge is 2.20. The van der Waals surface area contributed by atoms with Crippen molar-refractivity contribution < 1.29 is 18.7 Å². The highest BCUT2D eigenvalue weighted by atomic mass is 32.2. The quantitative estimate of drug-likeness (QED) is 0.652. The molecular formula is C19H17N3O4S. The lowest BCUT2D eigenvalue weighted by Crippen LogP contribution is -2.22. The lowest BCUT2D eigenvalue weighted by Gasteiger charge is -2.10. The molecule has 1 aliphatic heterocycles. The second-order valence-electron chi connectivity index (χ2n) is 5.94. The first kappa shape index (κ1) is 17.4. The molecule has 0 bridgehead atoms. The van der Waals surface area contributed by atoms with E-state index in [0.29, 0.717) is 34.7 Å². The number of rotatable bonds is 6. The molecule has 8 heteroatoms. The van der Waals surface area contributed by atoms with E-state index < -0.39 is 5.25 Å². The van der Waals surface area contributed by atoms with E-state index in [9.17, 15) is 4.79 Å². The van der Waals surface area contributed by atoms with Crippen molar-refractivity contribution in [3.05, 3.63) is 60.0 Å². The molecule has 0 aliphatic carbocycles. The summed E-state index contributed by atoms with van der Waals surface area (Å²) in [5.41, 5.74) is 1.73. The van der Waals surface area contributed by atoms with Crippen LogP contribution < -0.4 is 14.8 Å². The Hall–Kier alpha value is -3.00. The minimum Gasteiger partial charge on any atom is -0.454 e. The van der Waals surface area contributed by atoms with Crippen LogP contribution in [0.15, 0.2) is 58.2 Å². The van der Waals surface area contributed by atoms with E-state index in [1.165, 1.54) is 11.8 Å². The number of aromatic nitrogens is 2. The SMILES string of the molecule is C[C@@H](Sc1nnc(Cc2ccccc2)o1)C(=O)Nc1ccc2c(c1)OCO2. The molecule has 0 spiro atoms. The number of thioether (sulfide) groups is 1. The third-order valence-electron chi connectivity index (χ3n) is 3.93. The summed E-state index contributed by atoms with van der Waals surface area (Å²) in [7, 11) is 0. The van der Waals surface area contributed by atoms with Crippen LogP contribution in [0.3, 0.4) is 0 Å². The molecule has 0 radical (unpaired) electrons. The monoisotopic (exact) mass is 383 g/mol. The Kier molecular flexibility index (Phi) is 4.97. The summed E-state index contributed by atoms with van der Waals surface area (Å²) in [6.07, 6.45) is 0.562. The molecule has 1 atom stereocenters. The Bertz CT molecular complexity index is 945. The van der Waals surface area contributed by atoms with E-state index in [0.717, 1.165) is 5.56 Å². The van der Waals surface area contributed by atoms with Gasteiger partial charge in [0.25, 0.3) is 5.22 Å². The summed E-state index contributed by atoms with van der Waals surface area (Å²) in [5.74, 6) is 1.65. The van der Waals surface area contributed by atoms with Crippen LogP contribution in [-0.4, -0.2) is 28.1 Å². The number of anilines is 1. The number of fused-ring (bicyclic) bond motifs is 1. The smallest absolute Gasteiger partial charge is 0.277 e. The number of ether oxygens (including phenoxy) is 2. The molecule has 27 heavy (non-hydrogen) atoms. The van der Waals surface area contributed by atoms with Gasteiger partial charge in [-0.3, -0.25) is 4.79 Å². The van der Waals surface area contributed by atoms with Crippen LogP contribution >= 0.6 is 11.8 Å². The Morgan fingerprint density at radius 3 is 2.81 bits per heavy atom. The van der Waals surface area contributed by atoms with E-state index in [4.69, 9.17) is 13.9 Å². The zero-order chi connectivity index (χ0) is 18.6. The number of amides is 1. The highest BCUT2D eigenvalue weighted by molar-refractivity contribution is 8.00. The molecule has 1 N–H and O–H groups in total. The normalized spacial score (nSPS) is 13.4. The number of hydrogen-bond donors (Lipinski definition) is 1. The molecule has 0 unspecified atom stereocenters. The van der Waals surface area contributed by atoms with E-state index in [1.54, 1.807) is 25.1 Å². The molecule has 1 amide bonds. The largest absolute Gasteiger partial charge is 0.454 e. The second-order valence-corrected chi connectivity index (χ2v) is 7.23. The molecule has 4 rings (SSSR count). The second kappa shape index (κ2) is 7.71. The molecule has 7 nitrogen and oxygen atoms in total. The first-order valence-electron chi connectivity index (χ1n) is 8.41. The Morgan fingerprint density at radius 1 is 1.15 bits per heavy atom. The van der Waals surface area contributed by atoms with Crippen molar-refractivity contribution in [1.29, 1.82) is 0 Å². The van der Waals surface area contributed by atoms with Gasteiger partial charge in [-0.2, -0.15) is 0 Å². The molecule has 0 saturated heterocycles. The molecule has 2 aromatic carbocycles. The number of nitrogens with one attached hydrogen (secondary N) is 1. The van der Waals surface area contributed by atoms with E-state index >= 15 is 0 Å². The van der Waals surface area contributed by atoms with E-state index in [2.05, 4.69) is 15.5 Å². The summed E-state index contributed by atoms with van der Waals surface area (Å²) in [5, 5.41) is 10.9. The predicted molar refractivity (Wildman–Crippen MR) is 100 cm³/mol. The van der Waals surface area contributed by atoms with Gasteiger partial charge in [-0.25, -0.2) is 0 Å². The molecular weight excluding hydrogens is 366 g/mol. The van der Waals surface area contributed by atoms with Gasteiger partial charge in [-0.15, -0.1) is 10.2 Å². The van der Waals surface area contributed by atoms with Gasteiger partial charge in [-0.05, 0) is 24.6 Å². The van der Waals surface area contributed by atoms with Crippen LogP contribution in [0.5, 0.6) is 11.5 Å². The van der Waals surface area contributed by atoms with Crippen molar-refractivity contribution in [1.82, 2.24) is 10.2 Å². The van der Waals surface area contributed by atoms with Gasteiger partial charge in [0.05, 0.1) is 11.7 Å². The van der Waals surface area contributed by atoms with Crippen LogP contribution in [0.4, 0.5) is 5.69 Å². The zero-order valence-corrected chi connectivity index (χ0v) is 15.4. The van der Waals surface area contributed by atoms with Crippen LogP contribution in [0.25, 0.3) is 0 Å². The molecule has 1 aromatic heterocycles. The maximum Gasteiger partial charge on any atom is 0.277 e. The Morgan fingerprint density at radius 2 is 1.96 bits per heavy atom. The maximum absolute atomic E-state index is 12.4. The van der Waals surface area contributed by atoms with Crippen molar-refractivity contribution in [3.63, 3.8) is 0 Å². The van der Waals surface area contributed by atoms with Crippen LogP contribution in [-0.2, 0) is 11.2 Å². The van der Waals surface area contributed by atoms with Crippen molar-refractivity contribution in [3.8, 4) is 11.5 Å². The van der Waals surface area contributed by atoms with Gasteiger partial charge in [0, 0.05) is 11.8 Å². The fourth-order valence-electron chi connectivity index (χ4n) is 2.55. The van der Waals surface area contributed by atoms with Crippen molar-refractivity contribution in [2.24, 2.45) is 0 Å². The highest BCUT2D eigenvalue weighted by Crippen LogP contribution is 2.34. The van der Waals surface area contributed by atoms with Crippen molar-refractivity contribution in [2.45, 2.75) is 23.8 Å². The molecule has 0 fully saturated rings. The zero-order valence-electron chi connectivity index (χ0n) is 14.5. The van der Waals surface area contributed by atoms with Gasteiger partial charge >= 0.3 is 0 Å².